The lowest BCUT2D eigenvalue weighted by molar-refractivity contribution is 0.563. The molecule has 0 aliphatic heterocycles. The fraction of sp³-hybridized carbons (Fsp3) is 0.182. The van der Waals surface area contributed by atoms with E-state index in [9.17, 15) is 4.79 Å². The minimum atomic E-state index is -0.357. The summed E-state index contributed by atoms with van der Waals surface area (Å²) in [6.45, 7) is 6.04. The second-order valence-corrected chi connectivity index (χ2v) is 7.10. The van der Waals surface area contributed by atoms with E-state index in [0.29, 0.717) is 16.8 Å². The fourth-order valence-electron chi connectivity index (χ4n) is 3.17. The first-order chi connectivity index (χ1) is 13.2. The van der Waals surface area contributed by atoms with Gasteiger partial charge in [0, 0.05) is 41.2 Å². The Balaban J connectivity index is 1.75. The zero-order chi connectivity index (χ0) is 18.8. The number of benzene rings is 2. The first-order valence-corrected chi connectivity index (χ1v) is 9.91. The topological polar surface area (TPSA) is 46.3 Å². The maximum absolute atomic E-state index is 12.6. The van der Waals surface area contributed by atoms with Crippen LogP contribution < -0.4 is 10.5 Å². The number of thiazole rings is 1. The van der Waals surface area contributed by atoms with Gasteiger partial charge in [-0.3, -0.25) is 0 Å². The van der Waals surface area contributed by atoms with E-state index in [1.807, 2.05) is 53.9 Å². The van der Waals surface area contributed by atoms with Crippen molar-refractivity contribution in [1.29, 1.82) is 0 Å². The Hall–Kier alpha value is -2.92. The number of fused-ring (bicyclic) bond motifs is 1. The van der Waals surface area contributed by atoms with Gasteiger partial charge >= 0.3 is 5.63 Å². The highest BCUT2D eigenvalue weighted by atomic mass is 32.1. The van der Waals surface area contributed by atoms with Gasteiger partial charge < -0.3 is 9.32 Å². The van der Waals surface area contributed by atoms with Gasteiger partial charge in [0.2, 0.25) is 0 Å². The lowest BCUT2D eigenvalue weighted by Crippen LogP contribution is -2.21. The summed E-state index contributed by atoms with van der Waals surface area (Å²) in [5.74, 6) is 0. The predicted octanol–water partition coefficient (Wildman–Crippen LogP) is 5.43. The number of nitrogens with zero attached hydrogens (tertiary/aromatic N) is 2. The molecule has 0 N–H and O–H groups in total. The van der Waals surface area contributed by atoms with Gasteiger partial charge in [-0.05, 0) is 32.0 Å². The summed E-state index contributed by atoms with van der Waals surface area (Å²) in [5, 5.41) is 3.70. The third-order valence-corrected chi connectivity index (χ3v) is 5.54. The molecule has 4 aromatic rings. The number of aromatic nitrogens is 1. The molecule has 0 atom stereocenters. The van der Waals surface area contributed by atoms with Crippen LogP contribution in [0.25, 0.3) is 32.8 Å². The molecule has 0 fully saturated rings. The highest BCUT2D eigenvalue weighted by Crippen LogP contribution is 2.29. The first-order valence-electron chi connectivity index (χ1n) is 9.03. The third kappa shape index (κ3) is 3.38. The lowest BCUT2D eigenvalue weighted by atomic mass is 10.1. The number of hydrogen-bond donors (Lipinski definition) is 0. The molecule has 0 unspecified atom stereocenters. The SMILES string of the molecule is CCN(CC)c1ccc2cc(-c3csc(-c4ccccc4)n3)c(=O)oc2c1. The molecule has 0 saturated heterocycles. The maximum Gasteiger partial charge on any atom is 0.345 e. The molecule has 4 rings (SSSR count). The zero-order valence-corrected chi connectivity index (χ0v) is 16.1. The number of anilines is 1. The van der Waals surface area contributed by atoms with Crippen LogP contribution in [0.4, 0.5) is 5.69 Å². The molecule has 2 heterocycles. The van der Waals surface area contributed by atoms with Crippen LogP contribution in [0.1, 0.15) is 13.8 Å². The Morgan fingerprint density at radius 3 is 2.56 bits per heavy atom. The smallest absolute Gasteiger partial charge is 0.345 e. The van der Waals surface area contributed by atoms with E-state index in [0.717, 1.165) is 34.7 Å². The molecule has 0 spiro atoms. The molecule has 4 nitrogen and oxygen atoms in total. The van der Waals surface area contributed by atoms with Crippen LogP contribution in [0.3, 0.4) is 0 Å². The normalized spacial score (nSPS) is 11.0. The second-order valence-electron chi connectivity index (χ2n) is 6.25. The van der Waals surface area contributed by atoms with E-state index in [2.05, 4.69) is 29.8 Å². The summed E-state index contributed by atoms with van der Waals surface area (Å²) >= 11 is 1.53. The summed E-state index contributed by atoms with van der Waals surface area (Å²) in [7, 11) is 0. The standard InChI is InChI=1S/C22H20N2O2S/c1-3-24(4-2)17-11-10-16-12-18(22(25)26-20(16)13-17)19-14-27-21(23-19)15-8-6-5-7-9-15/h5-14H,3-4H2,1-2H3. The van der Waals surface area contributed by atoms with Gasteiger partial charge in [0.15, 0.2) is 0 Å². The molecule has 0 aliphatic carbocycles. The van der Waals surface area contributed by atoms with E-state index in [4.69, 9.17) is 4.42 Å². The molecule has 0 radical (unpaired) electrons. The highest BCUT2D eigenvalue weighted by Gasteiger charge is 2.13. The van der Waals surface area contributed by atoms with Crippen LogP contribution in [0, 0.1) is 0 Å². The summed E-state index contributed by atoms with van der Waals surface area (Å²) in [6, 6.07) is 17.8. The largest absolute Gasteiger partial charge is 0.422 e. The summed E-state index contributed by atoms with van der Waals surface area (Å²) in [5.41, 5.74) is 3.50. The Morgan fingerprint density at radius 1 is 1.04 bits per heavy atom. The molecule has 0 aliphatic rings. The molecule has 27 heavy (non-hydrogen) atoms. The third-order valence-electron chi connectivity index (χ3n) is 4.65. The molecular formula is C22H20N2O2S. The van der Waals surface area contributed by atoms with E-state index in [-0.39, 0.29) is 5.63 Å². The van der Waals surface area contributed by atoms with Crippen LogP contribution in [0.2, 0.25) is 0 Å². The summed E-state index contributed by atoms with van der Waals surface area (Å²) in [4.78, 5) is 19.4. The van der Waals surface area contributed by atoms with Crippen LogP contribution >= 0.6 is 11.3 Å². The molecule has 0 saturated carbocycles. The van der Waals surface area contributed by atoms with Crippen molar-refractivity contribution in [1.82, 2.24) is 4.98 Å². The van der Waals surface area contributed by atoms with Crippen LogP contribution in [0.5, 0.6) is 0 Å². The minimum absolute atomic E-state index is 0.357. The van der Waals surface area contributed by atoms with Crippen molar-refractivity contribution in [3.8, 4) is 21.8 Å². The molecule has 2 aromatic carbocycles. The van der Waals surface area contributed by atoms with Crippen molar-refractivity contribution < 1.29 is 4.42 Å². The maximum atomic E-state index is 12.6. The van der Waals surface area contributed by atoms with Gasteiger partial charge in [0.25, 0.3) is 0 Å². The average Bonchev–Trinajstić information content (AvgIpc) is 3.19. The van der Waals surface area contributed by atoms with Crippen molar-refractivity contribution in [2.24, 2.45) is 0 Å². The molecule has 0 bridgehead atoms. The first kappa shape index (κ1) is 17.5. The van der Waals surface area contributed by atoms with Crippen LogP contribution in [-0.4, -0.2) is 18.1 Å². The fourth-order valence-corrected chi connectivity index (χ4v) is 4.00. The van der Waals surface area contributed by atoms with Crippen molar-refractivity contribution in [3.05, 3.63) is 70.4 Å². The lowest BCUT2D eigenvalue weighted by Gasteiger charge is -2.20. The van der Waals surface area contributed by atoms with Crippen molar-refractivity contribution in [3.63, 3.8) is 0 Å². The van der Waals surface area contributed by atoms with Gasteiger partial charge in [0.1, 0.15) is 10.6 Å². The molecule has 136 valence electrons. The number of rotatable bonds is 5. The molecule has 5 heteroatoms. The molecule has 2 aromatic heterocycles. The van der Waals surface area contributed by atoms with Gasteiger partial charge in [-0.15, -0.1) is 11.3 Å². The monoisotopic (exact) mass is 376 g/mol. The van der Waals surface area contributed by atoms with Gasteiger partial charge in [0.05, 0.1) is 11.3 Å². The number of hydrogen-bond acceptors (Lipinski definition) is 5. The van der Waals surface area contributed by atoms with E-state index in [1.54, 1.807) is 0 Å². The van der Waals surface area contributed by atoms with Crippen molar-refractivity contribution in [2.75, 3.05) is 18.0 Å². The predicted molar refractivity (Wildman–Crippen MR) is 113 cm³/mol. The second kappa shape index (κ2) is 7.37. The zero-order valence-electron chi connectivity index (χ0n) is 15.3. The van der Waals surface area contributed by atoms with E-state index < -0.39 is 0 Å². The van der Waals surface area contributed by atoms with E-state index >= 15 is 0 Å². The quantitative estimate of drug-likeness (QED) is 0.436. The van der Waals surface area contributed by atoms with Crippen LogP contribution in [-0.2, 0) is 0 Å². The van der Waals surface area contributed by atoms with E-state index in [1.165, 1.54) is 11.3 Å². The minimum Gasteiger partial charge on any atom is -0.422 e. The Bertz CT molecular complexity index is 1130. The Labute approximate surface area is 161 Å². The Morgan fingerprint density at radius 2 is 1.81 bits per heavy atom. The summed E-state index contributed by atoms with van der Waals surface area (Å²) in [6.07, 6.45) is 0. The highest BCUT2D eigenvalue weighted by molar-refractivity contribution is 7.13. The Kier molecular flexibility index (Phi) is 4.77. The van der Waals surface area contributed by atoms with Crippen LogP contribution in [0.15, 0.2) is 69.2 Å². The summed E-state index contributed by atoms with van der Waals surface area (Å²) < 4.78 is 5.62. The molecular weight excluding hydrogens is 356 g/mol. The molecule has 0 amide bonds. The van der Waals surface area contributed by atoms with Gasteiger partial charge in [-0.1, -0.05) is 30.3 Å². The van der Waals surface area contributed by atoms with Crippen molar-refractivity contribution in [2.45, 2.75) is 13.8 Å². The van der Waals surface area contributed by atoms with Gasteiger partial charge in [-0.2, -0.15) is 0 Å². The average molecular weight is 376 g/mol. The van der Waals surface area contributed by atoms with Crippen molar-refractivity contribution >= 4 is 28.0 Å². The van der Waals surface area contributed by atoms with Gasteiger partial charge in [-0.25, -0.2) is 9.78 Å².